The Morgan fingerprint density at radius 1 is 1.03 bits per heavy atom. The number of carbonyl (C=O) groups excluding carboxylic acids is 2. The van der Waals surface area contributed by atoms with Crippen LogP contribution in [0.5, 0.6) is 0 Å². The van der Waals surface area contributed by atoms with Crippen molar-refractivity contribution in [1.29, 1.82) is 0 Å². The minimum atomic E-state index is -1.40. The fraction of sp³-hybridized carbons (Fsp3) is 0.200. The van der Waals surface area contributed by atoms with Crippen LogP contribution in [0.1, 0.15) is 39.1 Å². The van der Waals surface area contributed by atoms with Gasteiger partial charge in [0, 0.05) is 23.0 Å². The molecule has 0 bridgehead atoms. The number of alkyl carbamates (subject to hydrolysis) is 1. The van der Waals surface area contributed by atoms with Gasteiger partial charge < -0.3 is 20.3 Å². The molecule has 1 aliphatic rings. The molecule has 6 nitrogen and oxygen atoms in total. The van der Waals surface area contributed by atoms with Crippen molar-refractivity contribution < 1.29 is 24.5 Å². The molecule has 3 N–H and O–H groups in total. The lowest BCUT2D eigenvalue weighted by atomic mass is 9.98. The summed E-state index contributed by atoms with van der Waals surface area (Å²) >= 11 is 5.93. The summed E-state index contributed by atoms with van der Waals surface area (Å²) in [5.74, 6) is -0.0785. The smallest absolute Gasteiger partial charge is 0.407 e. The van der Waals surface area contributed by atoms with Gasteiger partial charge in [0.2, 0.25) is 0 Å². The van der Waals surface area contributed by atoms with Gasteiger partial charge in [-0.05, 0) is 46.0 Å². The Hall–Kier alpha value is -3.19. The quantitative estimate of drug-likeness (QED) is 0.470. The first-order chi connectivity index (χ1) is 15.5. The standard InChI is InChI=1S/C25H22ClNO5/c26-16-10-9-15(13-28)21(11-16)24(30)23(29)12-27-25(31)32-14-22-19-7-3-1-5-17(19)18-6-2-4-8-20(18)22/h1-11,13,22-24,29-30H,12,14H2,(H,27,31). The summed E-state index contributed by atoms with van der Waals surface area (Å²) < 4.78 is 5.42. The highest BCUT2D eigenvalue weighted by Gasteiger charge is 2.29. The van der Waals surface area contributed by atoms with Crippen LogP contribution in [0, 0.1) is 0 Å². The zero-order chi connectivity index (χ0) is 22.7. The number of nitrogens with one attached hydrogen (secondary N) is 1. The van der Waals surface area contributed by atoms with Gasteiger partial charge >= 0.3 is 6.09 Å². The third-order valence-electron chi connectivity index (χ3n) is 5.66. The average molecular weight is 452 g/mol. The molecule has 0 aliphatic heterocycles. The fourth-order valence-electron chi connectivity index (χ4n) is 4.07. The van der Waals surface area contributed by atoms with Gasteiger partial charge in [-0.15, -0.1) is 0 Å². The van der Waals surface area contributed by atoms with E-state index in [1.54, 1.807) is 0 Å². The molecule has 0 saturated heterocycles. The first-order valence-electron chi connectivity index (χ1n) is 10.2. The summed E-state index contributed by atoms with van der Waals surface area (Å²) in [7, 11) is 0. The van der Waals surface area contributed by atoms with Crippen LogP contribution in [0.3, 0.4) is 0 Å². The maximum Gasteiger partial charge on any atom is 0.407 e. The summed E-state index contributed by atoms with van der Waals surface area (Å²) in [5, 5.41) is 23.5. The third kappa shape index (κ3) is 4.39. The van der Waals surface area contributed by atoms with E-state index in [0.29, 0.717) is 11.3 Å². The van der Waals surface area contributed by atoms with Crippen molar-refractivity contribution in [2.24, 2.45) is 0 Å². The second-order valence-electron chi connectivity index (χ2n) is 7.61. The monoisotopic (exact) mass is 451 g/mol. The first kappa shape index (κ1) is 22.0. The Balaban J connectivity index is 1.36. The highest BCUT2D eigenvalue weighted by atomic mass is 35.5. The molecule has 0 aromatic heterocycles. The highest BCUT2D eigenvalue weighted by molar-refractivity contribution is 6.30. The summed E-state index contributed by atoms with van der Waals surface area (Å²) in [6, 6.07) is 20.4. The number of carbonyl (C=O) groups is 2. The minimum Gasteiger partial charge on any atom is -0.449 e. The van der Waals surface area contributed by atoms with Crippen molar-refractivity contribution in [3.8, 4) is 11.1 Å². The normalized spacial score (nSPS) is 14.2. The number of benzene rings is 3. The Morgan fingerprint density at radius 2 is 1.66 bits per heavy atom. The van der Waals surface area contributed by atoms with Crippen LogP contribution in [-0.2, 0) is 4.74 Å². The largest absolute Gasteiger partial charge is 0.449 e. The van der Waals surface area contributed by atoms with Gasteiger partial charge in [0.25, 0.3) is 0 Å². The number of hydrogen-bond acceptors (Lipinski definition) is 5. The maximum absolute atomic E-state index is 12.3. The molecule has 0 fully saturated rings. The molecule has 1 amide bonds. The van der Waals surface area contributed by atoms with Crippen molar-refractivity contribution in [1.82, 2.24) is 5.32 Å². The van der Waals surface area contributed by atoms with Crippen molar-refractivity contribution in [2.45, 2.75) is 18.1 Å². The molecule has 0 heterocycles. The van der Waals surface area contributed by atoms with Crippen LogP contribution >= 0.6 is 11.6 Å². The highest BCUT2D eigenvalue weighted by Crippen LogP contribution is 2.44. The lowest BCUT2D eigenvalue weighted by Crippen LogP contribution is -2.36. The SMILES string of the molecule is O=Cc1ccc(Cl)cc1C(O)C(O)CNC(=O)OCC1c2ccccc2-c2ccccc21. The molecule has 3 aromatic rings. The second-order valence-corrected chi connectivity index (χ2v) is 8.05. The molecule has 0 saturated carbocycles. The fourth-order valence-corrected chi connectivity index (χ4v) is 4.25. The zero-order valence-corrected chi connectivity index (χ0v) is 17.8. The molecular weight excluding hydrogens is 430 g/mol. The molecule has 2 unspecified atom stereocenters. The van der Waals surface area contributed by atoms with Gasteiger partial charge in [0.1, 0.15) is 25.1 Å². The predicted octanol–water partition coefficient (Wildman–Crippen LogP) is 4.09. The Bertz CT molecular complexity index is 1100. The van der Waals surface area contributed by atoms with Crippen LogP contribution in [0.25, 0.3) is 11.1 Å². The van der Waals surface area contributed by atoms with Crippen LogP contribution in [0.4, 0.5) is 4.79 Å². The number of ether oxygens (including phenoxy) is 1. The molecule has 0 spiro atoms. The van der Waals surface area contributed by atoms with E-state index in [1.165, 1.54) is 18.2 Å². The van der Waals surface area contributed by atoms with Crippen molar-refractivity contribution in [3.63, 3.8) is 0 Å². The molecule has 1 aliphatic carbocycles. The van der Waals surface area contributed by atoms with Gasteiger partial charge in [-0.2, -0.15) is 0 Å². The Morgan fingerprint density at radius 3 is 2.28 bits per heavy atom. The summed E-state index contributed by atoms with van der Waals surface area (Å²) in [6.45, 7) is -0.120. The lowest BCUT2D eigenvalue weighted by molar-refractivity contribution is 0.0182. The van der Waals surface area contributed by atoms with E-state index in [2.05, 4.69) is 17.4 Å². The number of amides is 1. The number of aldehydes is 1. The summed E-state index contributed by atoms with van der Waals surface area (Å²) in [5.41, 5.74) is 4.85. The van der Waals surface area contributed by atoms with Crippen molar-refractivity contribution in [3.05, 3.63) is 94.0 Å². The van der Waals surface area contributed by atoms with Gasteiger partial charge in [0.05, 0.1) is 0 Å². The maximum atomic E-state index is 12.3. The molecule has 7 heteroatoms. The van der Waals surface area contributed by atoms with Gasteiger partial charge in [-0.3, -0.25) is 4.79 Å². The Labute approximate surface area is 190 Å². The molecule has 2 atom stereocenters. The first-order valence-corrected chi connectivity index (χ1v) is 10.6. The predicted molar refractivity (Wildman–Crippen MR) is 121 cm³/mol. The lowest BCUT2D eigenvalue weighted by Gasteiger charge is -2.20. The van der Waals surface area contributed by atoms with E-state index in [0.717, 1.165) is 22.3 Å². The average Bonchev–Trinajstić information content (AvgIpc) is 3.14. The molecule has 32 heavy (non-hydrogen) atoms. The molecule has 164 valence electrons. The number of fused-ring (bicyclic) bond motifs is 3. The van der Waals surface area contributed by atoms with Gasteiger partial charge in [-0.25, -0.2) is 4.79 Å². The molecule has 3 aromatic carbocycles. The summed E-state index contributed by atoms with van der Waals surface area (Å²) in [6.07, 6.45) is -2.89. The van der Waals surface area contributed by atoms with E-state index >= 15 is 0 Å². The minimum absolute atomic E-state index is 0.0785. The van der Waals surface area contributed by atoms with Gasteiger partial charge in [-0.1, -0.05) is 60.1 Å². The number of hydrogen-bond donors (Lipinski definition) is 3. The van der Waals surface area contributed by atoms with E-state index in [9.17, 15) is 19.8 Å². The molecule has 0 radical (unpaired) electrons. The number of halogens is 1. The number of rotatable bonds is 7. The topological polar surface area (TPSA) is 95.9 Å². The summed E-state index contributed by atoms with van der Waals surface area (Å²) in [4.78, 5) is 23.5. The van der Waals surface area contributed by atoms with Crippen molar-refractivity contribution in [2.75, 3.05) is 13.2 Å². The second kappa shape index (κ2) is 9.53. The molecular formula is C25H22ClNO5. The van der Waals surface area contributed by atoms with E-state index in [4.69, 9.17) is 16.3 Å². The zero-order valence-electron chi connectivity index (χ0n) is 17.1. The van der Waals surface area contributed by atoms with E-state index in [1.807, 2.05) is 36.4 Å². The van der Waals surface area contributed by atoms with Crippen LogP contribution < -0.4 is 5.32 Å². The van der Waals surface area contributed by atoms with E-state index in [-0.39, 0.29) is 30.2 Å². The molecule has 4 rings (SSSR count). The number of aliphatic hydroxyl groups excluding tert-OH is 2. The van der Waals surface area contributed by atoms with Gasteiger partial charge in [0.15, 0.2) is 0 Å². The Kier molecular flexibility index (Phi) is 6.55. The van der Waals surface area contributed by atoms with Crippen molar-refractivity contribution >= 4 is 24.0 Å². The third-order valence-corrected chi connectivity index (χ3v) is 5.89. The van der Waals surface area contributed by atoms with Crippen LogP contribution in [0.15, 0.2) is 66.7 Å². The number of aliphatic hydroxyl groups is 2. The van der Waals surface area contributed by atoms with Crippen LogP contribution in [-0.4, -0.2) is 41.8 Å². The van der Waals surface area contributed by atoms with Crippen LogP contribution in [0.2, 0.25) is 5.02 Å². The van der Waals surface area contributed by atoms with E-state index < -0.39 is 18.3 Å².